The largest absolute Gasteiger partial charge is 0.492 e. The minimum Gasteiger partial charge on any atom is -0.492 e. The standard InChI is InChI=1S/C19H20ClN3O2/c20-16-3-6-19(23-8-11-24-12-9-23)18(13-16)22-7-10-25-17-4-1-15(14-21)2-5-17/h1-6,13,22H,7-12H2. The number of benzene rings is 2. The molecular weight excluding hydrogens is 338 g/mol. The number of rotatable bonds is 6. The van der Waals surface area contributed by atoms with Crippen LogP contribution in [0.2, 0.25) is 5.02 Å². The van der Waals surface area contributed by atoms with E-state index in [1.165, 1.54) is 0 Å². The van der Waals surface area contributed by atoms with E-state index in [1.807, 2.05) is 18.2 Å². The van der Waals surface area contributed by atoms with Crippen molar-refractivity contribution in [2.45, 2.75) is 0 Å². The number of hydrogen-bond donors (Lipinski definition) is 1. The second-order valence-electron chi connectivity index (χ2n) is 5.67. The molecule has 0 saturated carbocycles. The van der Waals surface area contributed by atoms with Crippen molar-refractivity contribution in [2.24, 2.45) is 0 Å². The third-order valence-electron chi connectivity index (χ3n) is 3.98. The molecule has 1 N–H and O–H groups in total. The van der Waals surface area contributed by atoms with Crippen LogP contribution in [0.15, 0.2) is 42.5 Å². The van der Waals surface area contributed by atoms with Gasteiger partial charge in [0.2, 0.25) is 0 Å². The maximum atomic E-state index is 8.80. The lowest BCUT2D eigenvalue weighted by atomic mass is 10.2. The molecule has 0 unspecified atom stereocenters. The molecule has 0 aliphatic carbocycles. The summed E-state index contributed by atoms with van der Waals surface area (Å²) in [6, 6.07) is 15.1. The monoisotopic (exact) mass is 357 g/mol. The molecule has 3 rings (SSSR count). The van der Waals surface area contributed by atoms with Gasteiger partial charge in [0.25, 0.3) is 0 Å². The third-order valence-corrected chi connectivity index (χ3v) is 4.22. The van der Waals surface area contributed by atoms with Crippen LogP contribution in [0.3, 0.4) is 0 Å². The molecule has 0 bridgehead atoms. The van der Waals surface area contributed by atoms with Gasteiger partial charge in [-0.05, 0) is 42.5 Å². The van der Waals surface area contributed by atoms with Crippen LogP contribution in [0.5, 0.6) is 5.75 Å². The highest BCUT2D eigenvalue weighted by molar-refractivity contribution is 6.31. The average Bonchev–Trinajstić information content (AvgIpc) is 2.66. The van der Waals surface area contributed by atoms with Gasteiger partial charge in [-0.3, -0.25) is 0 Å². The van der Waals surface area contributed by atoms with Crippen molar-refractivity contribution in [1.29, 1.82) is 5.26 Å². The van der Waals surface area contributed by atoms with Crippen LogP contribution in [-0.2, 0) is 4.74 Å². The molecule has 25 heavy (non-hydrogen) atoms. The Morgan fingerprint density at radius 1 is 1.16 bits per heavy atom. The highest BCUT2D eigenvalue weighted by Crippen LogP contribution is 2.29. The van der Waals surface area contributed by atoms with E-state index in [0.717, 1.165) is 43.4 Å². The zero-order chi connectivity index (χ0) is 17.5. The van der Waals surface area contributed by atoms with Gasteiger partial charge in [-0.15, -0.1) is 0 Å². The molecule has 1 saturated heterocycles. The van der Waals surface area contributed by atoms with Crippen molar-refractivity contribution in [1.82, 2.24) is 0 Å². The van der Waals surface area contributed by atoms with Gasteiger partial charge in [-0.25, -0.2) is 0 Å². The lowest BCUT2D eigenvalue weighted by molar-refractivity contribution is 0.123. The first-order chi connectivity index (χ1) is 12.3. The predicted octanol–water partition coefficient (Wildman–Crippen LogP) is 3.54. The minimum absolute atomic E-state index is 0.515. The zero-order valence-corrected chi connectivity index (χ0v) is 14.6. The Hall–Kier alpha value is -2.42. The number of morpholine rings is 1. The summed E-state index contributed by atoms with van der Waals surface area (Å²) in [6.07, 6.45) is 0. The summed E-state index contributed by atoms with van der Waals surface area (Å²) < 4.78 is 11.1. The Morgan fingerprint density at radius 3 is 2.64 bits per heavy atom. The first kappa shape index (κ1) is 17.4. The minimum atomic E-state index is 0.515. The molecule has 0 atom stereocenters. The van der Waals surface area contributed by atoms with Gasteiger partial charge < -0.3 is 19.7 Å². The Kier molecular flexibility index (Phi) is 5.99. The average molecular weight is 358 g/mol. The molecule has 0 radical (unpaired) electrons. The molecule has 0 spiro atoms. The first-order valence-electron chi connectivity index (χ1n) is 8.25. The lowest BCUT2D eigenvalue weighted by Crippen LogP contribution is -2.36. The SMILES string of the molecule is N#Cc1ccc(OCCNc2cc(Cl)ccc2N2CCOCC2)cc1. The summed E-state index contributed by atoms with van der Waals surface area (Å²) in [7, 11) is 0. The van der Waals surface area contributed by atoms with Crippen molar-refractivity contribution in [3.63, 3.8) is 0 Å². The summed E-state index contributed by atoms with van der Waals surface area (Å²) in [6.45, 7) is 4.39. The smallest absolute Gasteiger partial charge is 0.119 e. The molecule has 6 heteroatoms. The Bertz CT molecular complexity index is 737. The van der Waals surface area contributed by atoms with Crippen LogP contribution < -0.4 is 15.0 Å². The summed E-state index contributed by atoms with van der Waals surface area (Å²) in [5, 5.41) is 12.9. The highest BCUT2D eigenvalue weighted by Gasteiger charge is 2.15. The Morgan fingerprint density at radius 2 is 1.92 bits per heavy atom. The summed E-state index contributed by atoms with van der Waals surface area (Å²) in [4.78, 5) is 2.30. The number of ether oxygens (including phenoxy) is 2. The third kappa shape index (κ3) is 4.79. The fraction of sp³-hybridized carbons (Fsp3) is 0.316. The molecule has 0 amide bonds. The highest BCUT2D eigenvalue weighted by atomic mass is 35.5. The quantitative estimate of drug-likeness (QED) is 0.801. The maximum Gasteiger partial charge on any atom is 0.119 e. The summed E-state index contributed by atoms with van der Waals surface area (Å²) >= 11 is 6.15. The number of halogens is 1. The van der Waals surface area contributed by atoms with E-state index in [9.17, 15) is 0 Å². The number of nitrogens with zero attached hydrogens (tertiary/aromatic N) is 2. The van der Waals surface area contributed by atoms with Gasteiger partial charge in [0.15, 0.2) is 0 Å². The molecule has 2 aromatic carbocycles. The van der Waals surface area contributed by atoms with Crippen LogP contribution >= 0.6 is 11.6 Å². The molecule has 130 valence electrons. The van der Waals surface area contributed by atoms with Gasteiger partial charge in [0.1, 0.15) is 12.4 Å². The zero-order valence-electron chi connectivity index (χ0n) is 13.9. The normalized spacial score (nSPS) is 14.0. The number of hydrogen-bond acceptors (Lipinski definition) is 5. The molecule has 0 aromatic heterocycles. The lowest BCUT2D eigenvalue weighted by Gasteiger charge is -2.30. The van der Waals surface area contributed by atoms with E-state index in [-0.39, 0.29) is 0 Å². The van der Waals surface area contributed by atoms with E-state index in [4.69, 9.17) is 26.3 Å². The van der Waals surface area contributed by atoms with Crippen molar-refractivity contribution in [3.05, 3.63) is 53.1 Å². The maximum absolute atomic E-state index is 8.80. The van der Waals surface area contributed by atoms with Gasteiger partial charge in [0, 0.05) is 24.7 Å². The predicted molar refractivity (Wildman–Crippen MR) is 99.6 cm³/mol. The molecular formula is C19H20ClN3O2. The van der Waals surface area contributed by atoms with E-state index in [2.05, 4.69) is 16.3 Å². The molecule has 1 aliphatic heterocycles. The van der Waals surface area contributed by atoms with Gasteiger partial charge in [-0.1, -0.05) is 11.6 Å². The van der Waals surface area contributed by atoms with Gasteiger partial charge >= 0.3 is 0 Å². The molecule has 1 heterocycles. The second kappa shape index (κ2) is 8.61. The molecule has 5 nitrogen and oxygen atoms in total. The summed E-state index contributed by atoms with van der Waals surface area (Å²) in [5.41, 5.74) is 2.75. The fourth-order valence-corrected chi connectivity index (χ4v) is 2.88. The number of nitrogens with one attached hydrogen (secondary N) is 1. The Labute approximate surface area is 152 Å². The van der Waals surface area contributed by atoms with E-state index < -0.39 is 0 Å². The molecule has 1 aliphatic rings. The number of nitriles is 1. The topological polar surface area (TPSA) is 57.5 Å². The van der Waals surface area contributed by atoms with Crippen LogP contribution in [-0.4, -0.2) is 39.5 Å². The fourth-order valence-electron chi connectivity index (χ4n) is 2.71. The van der Waals surface area contributed by atoms with E-state index in [1.54, 1.807) is 24.3 Å². The van der Waals surface area contributed by atoms with Crippen LogP contribution in [0.1, 0.15) is 5.56 Å². The molecule has 1 fully saturated rings. The van der Waals surface area contributed by atoms with E-state index >= 15 is 0 Å². The van der Waals surface area contributed by atoms with Crippen LogP contribution in [0.25, 0.3) is 0 Å². The van der Waals surface area contributed by atoms with Crippen molar-refractivity contribution in [2.75, 3.05) is 49.7 Å². The van der Waals surface area contributed by atoms with Crippen LogP contribution in [0, 0.1) is 11.3 Å². The first-order valence-corrected chi connectivity index (χ1v) is 8.63. The number of anilines is 2. The second-order valence-corrected chi connectivity index (χ2v) is 6.11. The van der Waals surface area contributed by atoms with Gasteiger partial charge in [0.05, 0.1) is 36.2 Å². The van der Waals surface area contributed by atoms with Gasteiger partial charge in [-0.2, -0.15) is 5.26 Å². The van der Waals surface area contributed by atoms with Crippen LogP contribution in [0.4, 0.5) is 11.4 Å². The summed E-state index contributed by atoms with van der Waals surface area (Å²) in [5.74, 6) is 0.750. The van der Waals surface area contributed by atoms with Crippen molar-refractivity contribution >= 4 is 23.0 Å². The van der Waals surface area contributed by atoms with Crippen molar-refractivity contribution in [3.8, 4) is 11.8 Å². The molecule has 2 aromatic rings. The van der Waals surface area contributed by atoms with Crippen molar-refractivity contribution < 1.29 is 9.47 Å². The van der Waals surface area contributed by atoms with E-state index in [0.29, 0.717) is 23.7 Å². The Balaban J connectivity index is 1.56.